The third-order valence-electron chi connectivity index (χ3n) is 4.37. The molecule has 17 heavy (non-hydrogen) atoms. The van der Waals surface area contributed by atoms with E-state index >= 15 is 0 Å². The fourth-order valence-corrected chi connectivity index (χ4v) is 2.84. The van der Waals surface area contributed by atoms with Crippen LogP contribution >= 0.6 is 0 Å². The number of hydrogen-bond acceptors (Lipinski definition) is 2. The van der Waals surface area contributed by atoms with Gasteiger partial charge in [0.2, 0.25) is 5.78 Å². The van der Waals surface area contributed by atoms with Crippen LogP contribution in [0.15, 0.2) is 34.6 Å². The minimum atomic E-state index is -0.184. The van der Waals surface area contributed by atoms with Gasteiger partial charge in [0, 0.05) is 16.6 Å². The minimum Gasteiger partial charge on any atom is -0.504 e. The van der Waals surface area contributed by atoms with Crippen molar-refractivity contribution in [2.45, 2.75) is 40.5 Å². The zero-order valence-electron chi connectivity index (χ0n) is 11.0. The number of hydrogen-bond donors (Lipinski definition) is 1. The molecule has 0 aromatic rings. The molecule has 0 saturated heterocycles. The highest BCUT2D eigenvalue weighted by Crippen LogP contribution is 2.50. The first kappa shape index (κ1) is 12.2. The molecule has 2 atom stereocenters. The van der Waals surface area contributed by atoms with Crippen LogP contribution < -0.4 is 0 Å². The van der Waals surface area contributed by atoms with Gasteiger partial charge in [-0.3, -0.25) is 4.79 Å². The lowest BCUT2D eigenvalue weighted by molar-refractivity contribution is -0.115. The quantitative estimate of drug-likeness (QED) is 0.646. The van der Waals surface area contributed by atoms with Gasteiger partial charge in [0.25, 0.3) is 0 Å². The Hall–Kier alpha value is -1.31. The Kier molecular flexibility index (Phi) is 2.76. The highest BCUT2D eigenvalue weighted by Gasteiger charge is 2.44. The molecule has 2 heteroatoms. The maximum absolute atomic E-state index is 12.1. The predicted octanol–water partition coefficient (Wildman–Crippen LogP) is 3.71. The number of carbonyl (C=O) groups is 1. The van der Waals surface area contributed by atoms with E-state index in [1.807, 2.05) is 19.9 Å². The van der Waals surface area contributed by atoms with Crippen molar-refractivity contribution >= 4 is 5.78 Å². The summed E-state index contributed by atoms with van der Waals surface area (Å²) in [7, 11) is 0. The Balaban J connectivity index is 2.64. The predicted molar refractivity (Wildman–Crippen MR) is 68.7 cm³/mol. The second-order valence-electron chi connectivity index (χ2n) is 5.70. The van der Waals surface area contributed by atoms with Gasteiger partial charge in [0.15, 0.2) is 5.76 Å². The van der Waals surface area contributed by atoms with Crippen molar-refractivity contribution in [1.82, 2.24) is 0 Å². The molecule has 0 unspecified atom stereocenters. The zero-order chi connectivity index (χ0) is 12.8. The van der Waals surface area contributed by atoms with Crippen molar-refractivity contribution < 1.29 is 9.90 Å². The van der Waals surface area contributed by atoms with E-state index in [9.17, 15) is 9.90 Å². The van der Waals surface area contributed by atoms with E-state index in [0.29, 0.717) is 5.92 Å². The van der Waals surface area contributed by atoms with Crippen LogP contribution in [0.5, 0.6) is 0 Å². The molecule has 2 aliphatic rings. The fraction of sp³-hybridized carbons (Fsp3) is 0.533. The maximum atomic E-state index is 12.1. The summed E-state index contributed by atoms with van der Waals surface area (Å²) in [5.74, 6) is 0.223. The molecule has 2 nitrogen and oxygen atoms in total. The third-order valence-corrected chi connectivity index (χ3v) is 4.37. The molecule has 2 rings (SSSR count). The number of carbonyl (C=O) groups excluding carboxylic acids is 1. The molecule has 0 aromatic carbocycles. The molecule has 0 aliphatic heterocycles. The fourth-order valence-electron chi connectivity index (χ4n) is 2.84. The van der Waals surface area contributed by atoms with E-state index in [2.05, 4.69) is 19.9 Å². The summed E-state index contributed by atoms with van der Waals surface area (Å²) in [6.07, 6.45) is 5.74. The van der Waals surface area contributed by atoms with E-state index in [1.165, 1.54) is 0 Å². The molecule has 0 heterocycles. The van der Waals surface area contributed by atoms with Crippen molar-refractivity contribution in [1.29, 1.82) is 0 Å². The molecular formula is C15H20O2. The minimum absolute atomic E-state index is 0.0437. The standard InChI is InChI=1S/C15H20O2/c1-9(2)11-8-15(4)10(3)6-5-7-12(15)14(17)13(11)16/h5,7,10,17H,6,8H2,1-4H3/t10-,15+/m0/s1. The Morgan fingerprint density at radius 3 is 2.71 bits per heavy atom. The number of ketones is 1. The van der Waals surface area contributed by atoms with E-state index in [4.69, 9.17) is 0 Å². The topological polar surface area (TPSA) is 37.3 Å². The van der Waals surface area contributed by atoms with Gasteiger partial charge in [-0.25, -0.2) is 0 Å². The number of aliphatic hydroxyl groups is 1. The van der Waals surface area contributed by atoms with Gasteiger partial charge >= 0.3 is 0 Å². The monoisotopic (exact) mass is 232 g/mol. The van der Waals surface area contributed by atoms with E-state index < -0.39 is 0 Å². The molecule has 2 aliphatic carbocycles. The van der Waals surface area contributed by atoms with Crippen molar-refractivity contribution in [3.05, 3.63) is 34.6 Å². The number of allylic oxidation sites excluding steroid dienone is 5. The molecule has 0 fully saturated rings. The molecule has 0 spiro atoms. The van der Waals surface area contributed by atoms with Gasteiger partial charge in [-0.1, -0.05) is 31.6 Å². The van der Waals surface area contributed by atoms with Crippen molar-refractivity contribution in [3.8, 4) is 0 Å². The molecule has 92 valence electrons. The van der Waals surface area contributed by atoms with Crippen LogP contribution in [0.2, 0.25) is 0 Å². The van der Waals surface area contributed by atoms with E-state index in [1.54, 1.807) is 0 Å². The van der Waals surface area contributed by atoms with E-state index in [-0.39, 0.29) is 17.0 Å². The second kappa shape index (κ2) is 3.86. The van der Waals surface area contributed by atoms with Gasteiger partial charge in [-0.05, 0) is 32.6 Å². The van der Waals surface area contributed by atoms with Crippen LogP contribution in [0.1, 0.15) is 40.5 Å². The van der Waals surface area contributed by atoms with Crippen molar-refractivity contribution in [2.75, 3.05) is 0 Å². The van der Waals surface area contributed by atoms with Gasteiger partial charge < -0.3 is 5.11 Å². The van der Waals surface area contributed by atoms with Gasteiger partial charge in [-0.15, -0.1) is 0 Å². The molecular weight excluding hydrogens is 212 g/mol. The lowest BCUT2D eigenvalue weighted by Crippen LogP contribution is -2.37. The largest absolute Gasteiger partial charge is 0.504 e. The highest BCUT2D eigenvalue weighted by atomic mass is 16.3. The van der Waals surface area contributed by atoms with Gasteiger partial charge in [0.05, 0.1) is 0 Å². The highest BCUT2D eigenvalue weighted by molar-refractivity contribution is 6.09. The Bertz CT molecular complexity index is 461. The Labute approximate surface area is 103 Å². The first-order valence-corrected chi connectivity index (χ1v) is 6.19. The van der Waals surface area contributed by atoms with Crippen molar-refractivity contribution in [2.24, 2.45) is 11.3 Å². The number of rotatable bonds is 0. The van der Waals surface area contributed by atoms with Crippen LogP contribution in [-0.4, -0.2) is 10.9 Å². The second-order valence-corrected chi connectivity index (χ2v) is 5.70. The summed E-state index contributed by atoms with van der Waals surface area (Å²) in [6, 6.07) is 0. The Morgan fingerprint density at radius 2 is 2.12 bits per heavy atom. The third kappa shape index (κ3) is 1.67. The lowest BCUT2D eigenvalue weighted by Gasteiger charge is -2.43. The average Bonchev–Trinajstić information content (AvgIpc) is 2.26. The molecule has 1 N–H and O–H groups in total. The molecule has 0 aromatic heterocycles. The molecule has 0 saturated carbocycles. The Morgan fingerprint density at radius 1 is 1.47 bits per heavy atom. The first-order valence-electron chi connectivity index (χ1n) is 6.19. The lowest BCUT2D eigenvalue weighted by atomic mass is 9.61. The van der Waals surface area contributed by atoms with Crippen molar-refractivity contribution in [3.63, 3.8) is 0 Å². The average molecular weight is 232 g/mol. The SMILES string of the molecule is CC(C)=C1C[C@@]2(C)C(=C(O)C1=O)C=CC[C@@H]2C. The van der Waals surface area contributed by atoms with Crippen LogP contribution in [-0.2, 0) is 4.79 Å². The number of aliphatic hydroxyl groups excluding tert-OH is 1. The van der Waals surface area contributed by atoms with Crippen LogP contribution in [0, 0.1) is 11.3 Å². The summed E-state index contributed by atoms with van der Waals surface area (Å²) < 4.78 is 0. The summed E-state index contributed by atoms with van der Waals surface area (Å²) >= 11 is 0. The smallest absolute Gasteiger partial charge is 0.223 e. The van der Waals surface area contributed by atoms with Gasteiger partial charge in [-0.2, -0.15) is 0 Å². The summed E-state index contributed by atoms with van der Waals surface area (Å²) in [4.78, 5) is 12.1. The number of Topliss-reactive ketones (excluding diaryl/α,β-unsaturated/α-hetero) is 1. The summed E-state index contributed by atoms with van der Waals surface area (Å²) in [5, 5.41) is 10.1. The summed E-state index contributed by atoms with van der Waals surface area (Å²) in [5.41, 5.74) is 2.53. The van der Waals surface area contributed by atoms with Gasteiger partial charge in [0.1, 0.15) is 0 Å². The van der Waals surface area contributed by atoms with Crippen LogP contribution in [0.4, 0.5) is 0 Å². The normalized spacial score (nSPS) is 32.8. The molecule has 0 amide bonds. The maximum Gasteiger partial charge on any atom is 0.223 e. The van der Waals surface area contributed by atoms with Crippen LogP contribution in [0.3, 0.4) is 0 Å². The molecule has 0 radical (unpaired) electrons. The first-order chi connectivity index (χ1) is 7.88. The summed E-state index contributed by atoms with van der Waals surface area (Å²) in [6.45, 7) is 8.23. The molecule has 0 bridgehead atoms. The van der Waals surface area contributed by atoms with Crippen LogP contribution in [0.25, 0.3) is 0 Å². The van der Waals surface area contributed by atoms with E-state index in [0.717, 1.165) is 29.6 Å². The zero-order valence-corrected chi connectivity index (χ0v) is 11.0. The number of fused-ring (bicyclic) bond motifs is 1.